The van der Waals surface area contributed by atoms with Crippen LogP contribution in [0, 0.1) is 0 Å². The van der Waals surface area contributed by atoms with E-state index in [-0.39, 0.29) is 6.42 Å². The van der Waals surface area contributed by atoms with Gasteiger partial charge in [-0.2, -0.15) is 0 Å². The zero-order valence-electron chi connectivity index (χ0n) is 19.3. The Morgan fingerprint density at radius 3 is 2.47 bits per heavy atom. The third kappa shape index (κ3) is 6.25. The van der Waals surface area contributed by atoms with Crippen LogP contribution in [0.3, 0.4) is 0 Å². The van der Waals surface area contributed by atoms with Gasteiger partial charge >= 0.3 is 5.97 Å². The molecule has 0 aliphatic carbocycles. The zero-order valence-corrected chi connectivity index (χ0v) is 19.3. The van der Waals surface area contributed by atoms with Crippen molar-refractivity contribution in [2.45, 2.75) is 19.4 Å². The average molecular weight is 456 g/mol. The van der Waals surface area contributed by atoms with Gasteiger partial charge in [0.1, 0.15) is 18.2 Å². The lowest BCUT2D eigenvalue weighted by Gasteiger charge is -2.18. The first-order chi connectivity index (χ1) is 16.6. The van der Waals surface area contributed by atoms with Crippen LogP contribution < -0.4 is 9.64 Å². The summed E-state index contributed by atoms with van der Waals surface area (Å²) in [6.45, 7) is 2.01. The molecule has 0 spiro atoms. The predicted molar refractivity (Wildman–Crippen MR) is 134 cm³/mol. The molecular formula is C28H29N3O3. The molecule has 4 rings (SSSR count). The lowest BCUT2D eigenvalue weighted by molar-refractivity contribution is -0.136. The van der Waals surface area contributed by atoms with Crippen LogP contribution in [0.4, 0.5) is 5.82 Å². The molecule has 0 unspecified atom stereocenters. The summed E-state index contributed by atoms with van der Waals surface area (Å²) in [5.41, 5.74) is 4.38. The van der Waals surface area contributed by atoms with Crippen molar-refractivity contribution in [1.29, 1.82) is 0 Å². The molecule has 2 aromatic heterocycles. The number of aromatic nitrogens is 2. The summed E-state index contributed by atoms with van der Waals surface area (Å²) >= 11 is 0. The van der Waals surface area contributed by atoms with Gasteiger partial charge in [0.2, 0.25) is 0 Å². The van der Waals surface area contributed by atoms with Gasteiger partial charge in [-0.1, -0.05) is 48.5 Å². The summed E-state index contributed by atoms with van der Waals surface area (Å²) in [6, 6.07) is 24.1. The van der Waals surface area contributed by atoms with E-state index in [1.807, 2.05) is 55.6 Å². The molecule has 0 aliphatic rings. The molecule has 0 saturated carbocycles. The van der Waals surface area contributed by atoms with Crippen LogP contribution in [-0.2, 0) is 17.8 Å². The van der Waals surface area contributed by atoms with Crippen molar-refractivity contribution in [1.82, 2.24) is 9.55 Å². The number of hydrogen-bond acceptors (Lipinski definition) is 4. The fourth-order valence-corrected chi connectivity index (χ4v) is 3.86. The molecule has 2 aromatic carbocycles. The van der Waals surface area contributed by atoms with Gasteiger partial charge in [-0.25, -0.2) is 4.98 Å². The number of carbonyl (C=O) groups is 1. The number of nitrogens with zero attached hydrogens (tertiary/aromatic N) is 3. The number of hydrogen-bond donors (Lipinski definition) is 1. The van der Waals surface area contributed by atoms with Crippen molar-refractivity contribution < 1.29 is 14.6 Å². The number of likely N-dealkylation sites (N-methyl/N-ethyl adjacent to an activating group) is 1. The third-order valence-electron chi connectivity index (χ3n) is 5.68. The number of benzene rings is 2. The lowest BCUT2D eigenvalue weighted by Crippen LogP contribution is -2.24. The highest BCUT2D eigenvalue weighted by atomic mass is 16.5. The normalized spacial score (nSPS) is 10.7. The van der Waals surface area contributed by atoms with Gasteiger partial charge in [-0.3, -0.25) is 4.79 Å². The van der Waals surface area contributed by atoms with Crippen molar-refractivity contribution >= 4 is 11.8 Å². The summed E-state index contributed by atoms with van der Waals surface area (Å²) in [5, 5.41) is 9.13. The molecule has 2 heterocycles. The fourth-order valence-electron chi connectivity index (χ4n) is 3.86. The number of carboxylic acid groups (broad SMARTS) is 1. The number of carboxylic acids is 1. The molecular weight excluding hydrogens is 426 g/mol. The maximum absolute atomic E-state index is 11.1. The van der Waals surface area contributed by atoms with Gasteiger partial charge in [0, 0.05) is 44.2 Å². The fraction of sp³-hybridized carbons (Fsp3) is 0.214. The SMILES string of the molecule is CN(CCOc1ccc(Cn2cc(CCC(=O)O)c(-c3ccccc3)c2)cc1)c1ccccn1. The first-order valence-corrected chi connectivity index (χ1v) is 11.4. The van der Waals surface area contributed by atoms with Crippen LogP contribution >= 0.6 is 0 Å². The highest BCUT2D eigenvalue weighted by Gasteiger charge is 2.11. The van der Waals surface area contributed by atoms with Crippen LogP contribution in [0.15, 0.2) is 91.4 Å². The van der Waals surface area contributed by atoms with Gasteiger partial charge in [-0.05, 0) is 47.4 Å². The first kappa shape index (κ1) is 23.1. The van der Waals surface area contributed by atoms with Crippen LogP contribution in [0.2, 0.25) is 0 Å². The van der Waals surface area contributed by atoms with E-state index in [2.05, 4.69) is 51.1 Å². The summed E-state index contributed by atoms with van der Waals surface area (Å²) in [5.74, 6) is 0.970. The minimum atomic E-state index is -0.784. The van der Waals surface area contributed by atoms with Crippen LogP contribution in [-0.4, -0.2) is 40.8 Å². The van der Waals surface area contributed by atoms with Gasteiger partial charge in [0.25, 0.3) is 0 Å². The Bertz CT molecular complexity index is 1190. The molecule has 0 saturated heterocycles. The van der Waals surface area contributed by atoms with E-state index < -0.39 is 5.97 Å². The summed E-state index contributed by atoms with van der Waals surface area (Å²) in [7, 11) is 2.00. The molecule has 0 aliphatic heterocycles. The second-order valence-corrected chi connectivity index (χ2v) is 8.23. The topological polar surface area (TPSA) is 67.6 Å². The van der Waals surface area contributed by atoms with Crippen molar-refractivity contribution in [2.24, 2.45) is 0 Å². The monoisotopic (exact) mass is 455 g/mol. The molecule has 34 heavy (non-hydrogen) atoms. The van der Waals surface area contributed by atoms with Gasteiger partial charge in [0.05, 0.1) is 6.54 Å². The maximum Gasteiger partial charge on any atom is 0.303 e. The number of ether oxygens (including phenoxy) is 1. The minimum Gasteiger partial charge on any atom is -0.492 e. The average Bonchev–Trinajstić information content (AvgIpc) is 3.27. The van der Waals surface area contributed by atoms with Crippen molar-refractivity contribution in [3.63, 3.8) is 0 Å². The molecule has 0 atom stereocenters. The summed E-state index contributed by atoms with van der Waals surface area (Å²) < 4.78 is 8.03. The van der Waals surface area contributed by atoms with Crippen molar-refractivity contribution in [2.75, 3.05) is 25.1 Å². The van der Waals surface area contributed by atoms with Crippen LogP contribution in [0.5, 0.6) is 5.75 Å². The molecule has 0 fully saturated rings. The van der Waals surface area contributed by atoms with E-state index in [1.54, 1.807) is 6.20 Å². The molecule has 174 valence electrons. The van der Waals surface area contributed by atoms with E-state index in [4.69, 9.17) is 9.84 Å². The maximum atomic E-state index is 11.1. The van der Waals surface area contributed by atoms with Gasteiger partial charge in [0.15, 0.2) is 0 Å². The number of pyridine rings is 1. The van der Waals surface area contributed by atoms with E-state index in [1.165, 1.54) is 0 Å². The molecule has 6 heteroatoms. The Kier molecular flexibility index (Phi) is 7.60. The molecule has 0 amide bonds. The second-order valence-electron chi connectivity index (χ2n) is 8.23. The van der Waals surface area contributed by atoms with Gasteiger partial charge in [-0.15, -0.1) is 0 Å². The molecule has 6 nitrogen and oxygen atoms in total. The van der Waals surface area contributed by atoms with Crippen molar-refractivity contribution in [3.8, 4) is 16.9 Å². The Balaban J connectivity index is 1.37. The highest BCUT2D eigenvalue weighted by Crippen LogP contribution is 2.26. The minimum absolute atomic E-state index is 0.116. The second kappa shape index (κ2) is 11.2. The highest BCUT2D eigenvalue weighted by molar-refractivity contribution is 5.70. The quantitative estimate of drug-likeness (QED) is 0.340. The van der Waals surface area contributed by atoms with E-state index in [9.17, 15) is 4.79 Å². The molecule has 4 aromatic rings. The van der Waals surface area contributed by atoms with Crippen LogP contribution in [0.25, 0.3) is 11.1 Å². The number of anilines is 1. The predicted octanol–water partition coefficient (Wildman–Crippen LogP) is 5.13. The van der Waals surface area contributed by atoms with Crippen LogP contribution in [0.1, 0.15) is 17.5 Å². The largest absolute Gasteiger partial charge is 0.492 e. The molecule has 0 bridgehead atoms. The summed E-state index contributed by atoms with van der Waals surface area (Å²) in [4.78, 5) is 17.5. The molecule has 0 radical (unpaired) electrons. The summed E-state index contributed by atoms with van der Waals surface area (Å²) in [6.07, 6.45) is 6.57. The van der Waals surface area contributed by atoms with Crippen molar-refractivity contribution in [3.05, 3.63) is 103 Å². The Labute approximate surface area is 200 Å². The number of aliphatic carboxylic acids is 1. The standard InChI is InChI=1S/C28H29N3O3/c1-30(27-9-5-6-16-29-27)17-18-34-25-13-10-22(11-14-25)19-31-20-24(12-15-28(32)33)26(21-31)23-7-3-2-4-8-23/h2-11,13-14,16,20-21H,12,15,17-19H2,1H3,(H,32,33). The third-order valence-corrected chi connectivity index (χ3v) is 5.68. The molecule has 1 N–H and O–H groups in total. The Hall–Kier alpha value is -4.06. The smallest absolute Gasteiger partial charge is 0.303 e. The van der Waals surface area contributed by atoms with E-state index in [0.717, 1.165) is 40.4 Å². The Morgan fingerprint density at radius 1 is 1.00 bits per heavy atom. The first-order valence-electron chi connectivity index (χ1n) is 11.4. The van der Waals surface area contributed by atoms with Gasteiger partial charge < -0.3 is 19.3 Å². The van der Waals surface area contributed by atoms with E-state index in [0.29, 0.717) is 19.6 Å². The number of aryl methyl sites for hydroxylation is 1. The number of rotatable bonds is 11. The Morgan fingerprint density at radius 2 is 1.76 bits per heavy atom. The lowest BCUT2D eigenvalue weighted by atomic mass is 10.0. The van der Waals surface area contributed by atoms with E-state index >= 15 is 0 Å². The zero-order chi connectivity index (χ0) is 23.8.